The molecule has 2 rings (SSSR count). The highest BCUT2D eigenvalue weighted by Gasteiger charge is 2.18. The van der Waals surface area contributed by atoms with Crippen LogP contribution in [0.25, 0.3) is 0 Å². The summed E-state index contributed by atoms with van der Waals surface area (Å²) in [4.78, 5) is 12.3. The quantitative estimate of drug-likeness (QED) is 0.618. The largest absolute Gasteiger partial charge is 0.352 e. The summed E-state index contributed by atoms with van der Waals surface area (Å²) >= 11 is 0. The first-order chi connectivity index (χ1) is 13.2. The van der Waals surface area contributed by atoms with E-state index in [1.165, 1.54) is 12.1 Å². The molecule has 0 aliphatic heterocycles. The number of carbonyl (C=O) groups excluding carboxylic acids is 1. The Morgan fingerprint density at radius 3 is 2.57 bits per heavy atom. The summed E-state index contributed by atoms with van der Waals surface area (Å²) in [5, 5.41) is 2.57. The molecule has 9 heteroatoms. The third kappa shape index (κ3) is 6.28. The van der Waals surface area contributed by atoms with Crippen molar-refractivity contribution < 1.29 is 26.7 Å². The number of benzene rings is 2. The van der Waals surface area contributed by atoms with Crippen molar-refractivity contribution in [1.82, 2.24) is 5.32 Å². The molecule has 0 fully saturated rings. The van der Waals surface area contributed by atoms with Crippen molar-refractivity contribution in [2.45, 2.75) is 31.8 Å². The van der Waals surface area contributed by atoms with Gasteiger partial charge in [-0.2, -0.15) is 8.78 Å². The van der Waals surface area contributed by atoms with Crippen LogP contribution in [-0.4, -0.2) is 34.1 Å². The molecular formula is C19H22F2N2O4S. The van der Waals surface area contributed by atoms with Gasteiger partial charge in [0.15, 0.2) is 0 Å². The van der Waals surface area contributed by atoms with Gasteiger partial charge in [0.25, 0.3) is 15.9 Å². The van der Waals surface area contributed by atoms with Crippen LogP contribution in [0.4, 0.5) is 14.5 Å². The second kappa shape index (κ2) is 9.61. The van der Waals surface area contributed by atoms with Gasteiger partial charge in [0.05, 0.1) is 11.5 Å². The molecule has 0 heterocycles. The number of rotatable bonds is 9. The van der Waals surface area contributed by atoms with Crippen LogP contribution in [0.3, 0.4) is 0 Å². The van der Waals surface area contributed by atoms with E-state index in [4.69, 9.17) is 0 Å². The number of amides is 1. The van der Waals surface area contributed by atoms with Gasteiger partial charge in [-0.1, -0.05) is 18.2 Å². The summed E-state index contributed by atoms with van der Waals surface area (Å²) < 4.78 is 55.7. The van der Waals surface area contributed by atoms with Crippen LogP contribution in [0.1, 0.15) is 27.9 Å². The fourth-order valence-corrected chi connectivity index (χ4v) is 3.55. The van der Waals surface area contributed by atoms with E-state index in [1.54, 1.807) is 31.2 Å². The zero-order chi connectivity index (χ0) is 20.7. The summed E-state index contributed by atoms with van der Waals surface area (Å²) in [5.41, 5.74) is 2.11. The number of ether oxygens (including phenoxy) is 1. The highest BCUT2D eigenvalue weighted by molar-refractivity contribution is 7.92. The molecule has 1 amide bonds. The van der Waals surface area contributed by atoms with E-state index in [0.717, 1.165) is 5.56 Å². The van der Waals surface area contributed by atoms with Gasteiger partial charge in [0.2, 0.25) is 0 Å². The molecule has 152 valence electrons. The van der Waals surface area contributed by atoms with Gasteiger partial charge in [0, 0.05) is 17.8 Å². The third-order valence-corrected chi connectivity index (χ3v) is 5.26. The number of aryl methyl sites for hydroxylation is 2. The second-order valence-electron chi connectivity index (χ2n) is 6.19. The number of alkyl halides is 2. The van der Waals surface area contributed by atoms with E-state index in [-0.39, 0.29) is 30.0 Å². The maximum absolute atomic E-state index is 12.6. The predicted octanol–water partition coefficient (Wildman–Crippen LogP) is 3.46. The molecule has 2 aromatic rings. The van der Waals surface area contributed by atoms with E-state index < -0.39 is 22.5 Å². The Morgan fingerprint density at radius 1 is 1.14 bits per heavy atom. The fourth-order valence-electron chi connectivity index (χ4n) is 2.48. The van der Waals surface area contributed by atoms with Gasteiger partial charge in [-0.3, -0.25) is 9.52 Å². The van der Waals surface area contributed by atoms with Crippen LogP contribution in [0.5, 0.6) is 0 Å². The van der Waals surface area contributed by atoms with Crippen molar-refractivity contribution in [3.63, 3.8) is 0 Å². The molecule has 0 aliphatic carbocycles. The summed E-state index contributed by atoms with van der Waals surface area (Å²) in [6.45, 7) is 0.619. The van der Waals surface area contributed by atoms with Gasteiger partial charge < -0.3 is 10.1 Å². The highest BCUT2D eigenvalue weighted by atomic mass is 32.2. The van der Waals surface area contributed by atoms with Crippen LogP contribution < -0.4 is 10.0 Å². The Labute approximate surface area is 163 Å². The second-order valence-corrected chi connectivity index (χ2v) is 7.88. The molecule has 0 spiro atoms. The summed E-state index contributed by atoms with van der Waals surface area (Å²) in [5.74, 6) is -0.484. The van der Waals surface area contributed by atoms with Gasteiger partial charge in [-0.15, -0.1) is 0 Å². The lowest BCUT2D eigenvalue weighted by Gasteiger charge is -2.12. The minimum atomic E-state index is -3.87. The summed E-state index contributed by atoms with van der Waals surface area (Å²) in [7, 11) is -3.87. The lowest BCUT2D eigenvalue weighted by Crippen LogP contribution is -2.26. The fraction of sp³-hybridized carbons (Fsp3) is 0.316. The van der Waals surface area contributed by atoms with Gasteiger partial charge >= 0.3 is 6.61 Å². The van der Waals surface area contributed by atoms with Crippen molar-refractivity contribution in [1.29, 1.82) is 0 Å². The maximum atomic E-state index is 12.6. The number of carbonyl (C=O) groups is 1. The molecule has 2 aromatic carbocycles. The van der Waals surface area contributed by atoms with E-state index in [2.05, 4.69) is 14.8 Å². The Morgan fingerprint density at radius 2 is 1.89 bits per heavy atom. The van der Waals surface area contributed by atoms with Gasteiger partial charge in [0.1, 0.15) is 0 Å². The Bertz CT molecular complexity index is 933. The van der Waals surface area contributed by atoms with Gasteiger partial charge in [-0.05, 0) is 55.7 Å². The van der Waals surface area contributed by atoms with Crippen LogP contribution in [0.15, 0.2) is 47.4 Å². The molecule has 0 aliphatic rings. The number of hydrogen-bond acceptors (Lipinski definition) is 4. The molecule has 0 bridgehead atoms. The molecule has 0 unspecified atom stereocenters. The van der Waals surface area contributed by atoms with Crippen LogP contribution in [-0.2, 0) is 14.8 Å². The average molecular weight is 412 g/mol. The maximum Gasteiger partial charge on any atom is 0.345 e. The highest BCUT2D eigenvalue weighted by Crippen LogP contribution is 2.20. The first-order valence-electron chi connectivity index (χ1n) is 8.57. The summed E-state index contributed by atoms with van der Waals surface area (Å²) in [6, 6.07) is 11.2. The minimum absolute atomic E-state index is 0.0502. The smallest absolute Gasteiger partial charge is 0.345 e. The predicted molar refractivity (Wildman–Crippen MR) is 102 cm³/mol. The third-order valence-electron chi connectivity index (χ3n) is 3.88. The van der Waals surface area contributed by atoms with E-state index in [9.17, 15) is 22.0 Å². The first-order valence-corrected chi connectivity index (χ1v) is 10.1. The Balaban J connectivity index is 2.10. The average Bonchev–Trinajstić information content (AvgIpc) is 2.60. The zero-order valence-corrected chi connectivity index (χ0v) is 16.4. The standard InChI is InChI=1S/C19H22F2N2O4S/c1-13-5-3-6-15(11-13)23-28(25,26)16-8-7-14(2)17(12-16)18(24)22-9-4-10-27-19(20)21/h3,5-8,11-12,19,23H,4,9-10H2,1-2H3,(H,22,24). The first kappa shape index (κ1) is 21.8. The van der Waals surface area contributed by atoms with Crippen molar-refractivity contribution >= 4 is 21.6 Å². The molecule has 0 radical (unpaired) electrons. The van der Waals surface area contributed by atoms with E-state index >= 15 is 0 Å². The van der Waals surface area contributed by atoms with Crippen LogP contribution in [0, 0.1) is 13.8 Å². The number of anilines is 1. The molecule has 6 nitrogen and oxygen atoms in total. The van der Waals surface area contributed by atoms with E-state index in [1.807, 2.05) is 13.0 Å². The Kier molecular flexibility index (Phi) is 7.47. The number of nitrogens with one attached hydrogen (secondary N) is 2. The molecular weight excluding hydrogens is 390 g/mol. The minimum Gasteiger partial charge on any atom is -0.352 e. The SMILES string of the molecule is Cc1cccc(NS(=O)(=O)c2ccc(C)c(C(=O)NCCCOC(F)F)c2)c1. The summed E-state index contributed by atoms with van der Waals surface area (Å²) in [6.07, 6.45) is 0.210. The Hall–Kier alpha value is -2.52. The van der Waals surface area contributed by atoms with Crippen LogP contribution in [0.2, 0.25) is 0 Å². The molecule has 0 atom stereocenters. The van der Waals surface area contributed by atoms with Crippen molar-refractivity contribution in [3.8, 4) is 0 Å². The number of hydrogen-bond donors (Lipinski definition) is 2. The number of sulfonamides is 1. The normalized spacial score (nSPS) is 11.5. The topological polar surface area (TPSA) is 84.5 Å². The molecule has 0 saturated carbocycles. The van der Waals surface area contributed by atoms with Crippen LogP contribution >= 0.6 is 0 Å². The molecule has 0 aromatic heterocycles. The van der Waals surface area contributed by atoms with Crippen molar-refractivity contribution in [2.75, 3.05) is 17.9 Å². The monoisotopic (exact) mass is 412 g/mol. The molecule has 2 N–H and O–H groups in total. The van der Waals surface area contributed by atoms with Crippen molar-refractivity contribution in [3.05, 3.63) is 59.2 Å². The lowest BCUT2D eigenvalue weighted by molar-refractivity contribution is -0.128. The zero-order valence-electron chi connectivity index (χ0n) is 15.5. The van der Waals surface area contributed by atoms with Gasteiger partial charge in [-0.25, -0.2) is 8.42 Å². The number of halogens is 2. The molecule has 0 saturated heterocycles. The molecule has 28 heavy (non-hydrogen) atoms. The lowest BCUT2D eigenvalue weighted by atomic mass is 10.1. The van der Waals surface area contributed by atoms with E-state index in [0.29, 0.717) is 11.3 Å². The van der Waals surface area contributed by atoms with Crippen molar-refractivity contribution in [2.24, 2.45) is 0 Å².